The van der Waals surface area contributed by atoms with Crippen molar-refractivity contribution in [2.75, 3.05) is 19.3 Å². The van der Waals surface area contributed by atoms with E-state index in [0.717, 1.165) is 11.3 Å². The third-order valence-electron chi connectivity index (χ3n) is 3.18. The lowest BCUT2D eigenvalue weighted by Crippen LogP contribution is -2.31. The fourth-order valence-corrected chi connectivity index (χ4v) is 1.91. The number of amides is 1. The van der Waals surface area contributed by atoms with E-state index in [1.54, 1.807) is 11.9 Å². The van der Waals surface area contributed by atoms with Crippen LogP contribution in [0.4, 0.5) is 5.69 Å². The molecule has 0 aromatic heterocycles. The number of nitrogens with two attached hydrogens (primary N) is 1. The van der Waals surface area contributed by atoms with Gasteiger partial charge in [0.2, 0.25) is 5.91 Å². The molecule has 0 saturated heterocycles. The van der Waals surface area contributed by atoms with Crippen LogP contribution in [0, 0.1) is 17.2 Å². The molecular weight excluding hydrogens is 238 g/mol. The van der Waals surface area contributed by atoms with Crippen LogP contribution in [0.15, 0.2) is 24.3 Å². The lowest BCUT2D eigenvalue weighted by Gasteiger charge is -2.20. The Balaban J connectivity index is 2.56. The van der Waals surface area contributed by atoms with Crippen LogP contribution in [0.2, 0.25) is 0 Å². The topological polar surface area (TPSA) is 70.1 Å². The molecule has 0 saturated carbocycles. The van der Waals surface area contributed by atoms with E-state index in [-0.39, 0.29) is 17.7 Å². The second-order valence-corrected chi connectivity index (χ2v) is 5.08. The monoisotopic (exact) mass is 259 g/mol. The summed E-state index contributed by atoms with van der Waals surface area (Å²) >= 11 is 0. The number of nitrogen functional groups attached to an aromatic ring is 1. The standard InChI is InChI=1S/C15H21N3O/c1-11(9-16)10-18(3)15(19)8-12(2)13-4-6-14(17)7-5-13/h4-7,11-12H,8,10,17H2,1-3H3. The maximum atomic E-state index is 12.0. The fourth-order valence-electron chi connectivity index (χ4n) is 1.91. The van der Waals surface area contributed by atoms with E-state index < -0.39 is 0 Å². The predicted molar refractivity (Wildman–Crippen MR) is 76.3 cm³/mol. The Kier molecular flexibility index (Phi) is 5.37. The van der Waals surface area contributed by atoms with Crippen molar-refractivity contribution in [1.82, 2.24) is 4.90 Å². The van der Waals surface area contributed by atoms with Gasteiger partial charge in [0.15, 0.2) is 0 Å². The van der Waals surface area contributed by atoms with Crippen molar-refractivity contribution in [1.29, 1.82) is 5.26 Å². The van der Waals surface area contributed by atoms with E-state index in [2.05, 4.69) is 6.07 Å². The van der Waals surface area contributed by atoms with Gasteiger partial charge >= 0.3 is 0 Å². The number of hydrogen-bond donors (Lipinski definition) is 1. The molecule has 0 aliphatic carbocycles. The Morgan fingerprint density at radius 3 is 2.47 bits per heavy atom. The summed E-state index contributed by atoms with van der Waals surface area (Å²) in [4.78, 5) is 13.7. The van der Waals surface area contributed by atoms with Gasteiger partial charge in [0.25, 0.3) is 0 Å². The third kappa shape index (κ3) is 4.63. The van der Waals surface area contributed by atoms with Gasteiger partial charge in [-0.1, -0.05) is 19.1 Å². The molecule has 19 heavy (non-hydrogen) atoms. The number of hydrogen-bond acceptors (Lipinski definition) is 3. The Hall–Kier alpha value is -2.02. The SMILES string of the molecule is CC(C#N)CN(C)C(=O)CC(C)c1ccc(N)cc1. The van der Waals surface area contributed by atoms with Gasteiger partial charge in [0.1, 0.15) is 0 Å². The van der Waals surface area contributed by atoms with E-state index >= 15 is 0 Å². The molecule has 2 unspecified atom stereocenters. The molecule has 102 valence electrons. The van der Waals surface area contributed by atoms with Gasteiger partial charge in [0.05, 0.1) is 12.0 Å². The molecule has 0 bridgehead atoms. The highest BCUT2D eigenvalue weighted by Crippen LogP contribution is 2.21. The van der Waals surface area contributed by atoms with Gasteiger partial charge < -0.3 is 10.6 Å². The number of nitriles is 1. The number of carbonyl (C=O) groups is 1. The van der Waals surface area contributed by atoms with Crippen molar-refractivity contribution in [3.05, 3.63) is 29.8 Å². The Morgan fingerprint density at radius 1 is 1.37 bits per heavy atom. The van der Waals surface area contributed by atoms with Crippen molar-refractivity contribution in [3.63, 3.8) is 0 Å². The lowest BCUT2D eigenvalue weighted by molar-refractivity contribution is -0.130. The molecule has 0 aliphatic rings. The van der Waals surface area contributed by atoms with Crippen LogP contribution < -0.4 is 5.73 Å². The number of carbonyl (C=O) groups excluding carboxylic acids is 1. The zero-order valence-electron chi connectivity index (χ0n) is 11.8. The van der Waals surface area contributed by atoms with Crippen LogP contribution in [-0.2, 0) is 4.79 Å². The molecule has 0 aliphatic heterocycles. The molecule has 1 aromatic carbocycles. The summed E-state index contributed by atoms with van der Waals surface area (Å²) in [5.74, 6) is 0.0696. The van der Waals surface area contributed by atoms with Gasteiger partial charge in [-0.15, -0.1) is 0 Å². The number of nitrogens with zero attached hydrogens (tertiary/aromatic N) is 2. The molecular formula is C15H21N3O. The highest BCUT2D eigenvalue weighted by molar-refractivity contribution is 5.76. The molecule has 1 rings (SSSR count). The molecule has 0 radical (unpaired) electrons. The molecule has 1 aromatic rings. The van der Waals surface area contributed by atoms with Gasteiger partial charge in [0, 0.05) is 25.7 Å². The molecule has 2 atom stereocenters. The molecule has 4 heteroatoms. The summed E-state index contributed by atoms with van der Waals surface area (Å²) in [6, 6.07) is 9.72. The van der Waals surface area contributed by atoms with Crippen LogP contribution in [0.25, 0.3) is 0 Å². The quantitative estimate of drug-likeness (QED) is 0.825. The first-order valence-corrected chi connectivity index (χ1v) is 6.43. The van der Waals surface area contributed by atoms with E-state index in [4.69, 9.17) is 11.0 Å². The Labute approximate surface area is 114 Å². The average molecular weight is 259 g/mol. The smallest absolute Gasteiger partial charge is 0.222 e. The van der Waals surface area contributed by atoms with E-state index in [0.29, 0.717) is 13.0 Å². The van der Waals surface area contributed by atoms with Crippen molar-refractivity contribution in [2.45, 2.75) is 26.2 Å². The van der Waals surface area contributed by atoms with Gasteiger partial charge in [-0.25, -0.2) is 0 Å². The minimum absolute atomic E-state index is 0.0615. The van der Waals surface area contributed by atoms with Gasteiger partial charge in [-0.2, -0.15) is 5.26 Å². The van der Waals surface area contributed by atoms with Crippen LogP contribution in [-0.4, -0.2) is 24.4 Å². The lowest BCUT2D eigenvalue weighted by atomic mass is 9.97. The highest BCUT2D eigenvalue weighted by Gasteiger charge is 2.16. The van der Waals surface area contributed by atoms with Crippen molar-refractivity contribution in [3.8, 4) is 6.07 Å². The molecule has 4 nitrogen and oxygen atoms in total. The summed E-state index contributed by atoms with van der Waals surface area (Å²) in [5, 5.41) is 8.75. The second-order valence-electron chi connectivity index (χ2n) is 5.08. The fraction of sp³-hybridized carbons (Fsp3) is 0.467. The van der Waals surface area contributed by atoms with Crippen molar-refractivity contribution < 1.29 is 4.79 Å². The summed E-state index contributed by atoms with van der Waals surface area (Å²) in [6.45, 7) is 4.31. The van der Waals surface area contributed by atoms with Crippen LogP contribution >= 0.6 is 0 Å². The Morgan fingerprint density at radius 2 is 1.95 bits per heavy atom. The number of rotatable bonds is 5. The van der Waals surface area contributed by atoms with E-state index in [9.17, 15) is 4.79 Å². The summed E-state index contributed by atoms with van der Waals surface area (Å²) < 4.78 is 0. The minimum Gasteiger partial charge on any atom is -0.399 e. The molecule has 0 fully saturated rings. The molecule has 1 amide bonds. The first-order valence-electron chi connectivity index (χ1n) is 6.43. The predicted octanol–water partition coefficient (Wildman–Crippen LogP) is 2.38. The van der Waals surface area contributed by atoms with Crippen LogP contribution in [0.3, 0.4) is 0 Å². The molecule has 0 spiro atoms. The van der Waals surface area contributed by atoms with E-state index in [1.165, 1.54) is 0 Å². The minimum atomic E-state index is -0.138. The van der Waals surface area contributed by atoms with E-state index in [1.807, 2.05) is 38.1 Å². The number of anilines is 1. The third-order valence-corrected chi connectivity index (χ3v) is 3.18. The van der Waals surface area contributed by atoms with Gasteiger partial charge in [-0.05, 0) is 30.5 Å². The van der Waals surface area contributed by atoms with Crippen LogP contribution in [0.1, 0.15) is 31.7 Å². The van der Waals surface area contributed by atoms with Crippen LogP contribution in [0.5, 0.6) is 0 Å². The number of benzene rings is 1. The maximum Gasteiger partial charge on any atom is 0.222 e. The second kappa shape index (κ2) is 6.79. The first kappa shape index (κ1) is 15.0. The Bertz CT molecular complexity index is 461. The van der Waals surface area contributed by atoms with Gasteiger partial charge in [-0.3, -0.25) is 4.79 Å². The normalized spacial score (nSPS) is 13.4. The zero-order valence-corrected chi connectivity index (χ0v) is 11.8. The summed E-state index contributed by atoms with van der Waals surface area (Å²) in [6.07, 6.45) is 0.443. The van der Waals surface area contributed by atoms with Crippen molar-refractivity contribution in [2.24, 2.45) is 5.92 Å². The summed E-state index contributed by atoms with van der Waals surface area (Å²) in [7, 11) is 1.74. The maximum absolute atomic E-state index is 12.0. The first-order chi connectivity index (χ1) is 8.93. The molecule has 0 heterocycles. The van der Waals surface area contributed by atoms with Crippen molar-refractivity contribution >= 4 is 11.6 Å². The zero-order chi connectivity index (χ0) is 14.4. The average Bonchev–Trinajstić information content (AvgIpc) is 2.38. The molecule has 2 N–H and O–H groups in total. The highest BCUT2D eigenvalue weighted by atomic mass is 16.2. The largest absolute Gasteiger partial charge is 0.399 e. The summed E-state index contributed by atoms with van der Waals surface area (Å²) in [5.41, 5.74) is 7.47.